The molecule has 0 aliphatic carbocycles. The number of hydrogen-bond donors (Lipinski definition) is 1. The van der Waals surface area contributed by atoms with Crippen LogP contribution in [0.15, 0.2) is 66.9 Å². The number of carbonyl (C=O) groups is 1. The topological polar surface area (TPSA) is 74.8 Å². The van der Waals surface area contributed by atoms with Gasteiger partial charge in [-0.3, -0.25) is 14.9 Å². The van der Waals surface area contributed by atoms with Crippen LogP contribution < -0.4 is 0 Å². The number of carbonyl (C=O) groups excluding carboxylic acids is 1. The van der Waals surface area contributed by atoms with E-state index in [1.807, 2.05) is 65.6 Å². The monoisotopic (exact) mass is 397 g/mol. The maximum Gasteiger partial charge on any atom is 0.253 e. The summed E-state index contributed by atoms with van der Waals surface area (Å²) in [6.45, 7) is 1.54. The number of aromatic amines is 1. The Balaban J connectivity index is 1.20. The number of nitrogens with one attached hydrogen (secondary N) is 1. The van der Waals surface area contributed by atoms with Crippen LogP contribution in [0.4, 0.5) is 0 Å². The minimum absolute atomic E-state index is 0.102. The van der Waals surface area contributed by atoms with Gasteiger partial charge in [0.1, 0.15) is 5.82 Å². The molecule has 1 N–H and O–H groups in total. The van der Waals surface area contributed by atoms with Crippen molar-refractivity contribution in [1.82, 2.24) is 25.1 Å². The maximum atomic E-state index is 12.9. The first kappa shape index (κ1) is 18.5. The van der Waals surface area contributed by atoms with Gasteiger partial charge in [0.05, 0.1) is 5.52 Å². The standard InChI is InChI=1S/C24H23N5O/c30-24(20-8-9-21-19(16-20)7-4-12-25-21)29-13-10-17(11-14-29)15-22-26-23(28-27-22)18-5-2-1-3-6-18/h1-9,12,16-17H,10-11,13-15H2,(H,26,27,28). The Labute approximate surface area is 175 Å². The first-order valence-electron chi connectivity index (χ1n) is 10.4. The molecule has 1 saturated heterocycles. The summed E-state index contributed by atoms with van der Waals surface area (Å²) in [5.74, 6) is 2.27. The van der Waals surface area contributed by atoms with Crippen molar-refractivity contribution in [3.63, 3.8) is 0 Å². The van der Waals surface area contributed by atoms with Crippen molar-refractivity contribution < 1.29 is 4.79 Å². The van der Waals surface area contributed by atoms with Crippen LogP contribution in [-0.2, 0) is 6.42 Å². The van der Waals surface area contributed by atoms with Crippen LogP contribution in [0.5, 0.6) is 0 Å². The van der Waals surface area contributed by atoms with E-state index in [2.05, 4.69) is 20.2 Å². The fourth-order valence-electron chi connectivity index (χ4n) is 4.11. The van der Waals surface area contributed by atoms with Crippen LogP contribution in [0.2, 0.25) is 0 Å². The number of pyridine rings is 1. The molecular formula is C24H23N5O. The van der Waals surface area contributed by atoms with Gasteiger partial charge >= 0.3 is 0 Å². The Kier molecular flexibility index (Phi) is 4.97. The van der Waals surface area contributed by atoms with Gasteiger partial charge in [0, 0.05) is 42.2 Å². The summed E-state index contributed by atoms with van der Waals surface area (Å²) in [7, 11) is 0. The van der Waals surface area contributed by atoms with E-state index in [-0.39, 0.29) is 5.91 Å². The molecule has 6 nitrogen and oxygen atoms in total. The number of likely N-dealkylation sites (tertiary alicyclic amines) is 1. The van der Waals surface area contributed by atoms with Gasteiger partial charge < -0.3 is 4.90 Å². The first-order valence-corrected chi connectivity index (χ1v) is 10.4. The van der Waals surface area contributed by atoms with Gasteiger partial charge in [0.25, 0.3) is 5.91 Å². The van der Waals surface area contributed by atoms with E-state index in [4.69, 9.17) is 0 Å². The predicted molar refractivity (Wildman–Crippen MR) is 116 cm³/mol. The van der Waals surface area contributed by atoms with E-state index in [0.717, 1.165) is 66.0 Å². The molecular weight excluding hydrogens is 374 g/mol. The molecule has 0 saturated carbocycles. The number of nitrogens with zero attached hydrogens (tertiary/aromatic N) is 4. The lowest BCUT2D eigenvalue weighted by Gasteiger charge is -2.31. The summed E-state index contributed by atoms with van der Waals surface area (Å²) in [4.78, 5) is 23.9. The third-order valence-electron chi connectivity index (χ3n) is 5.80. The zero-order valence-corrected chi connectivity index (χ0v) is 16.7. The molecule has 4 aromatic rings. The Morgan fingerprint density at radius 3 is 2.70 bits per heavy atom. The summed E-state index contributed by atoms with van der Waals surface area (Å²) in [6, 6.07) is 19.6. The fourth-order valence-corrected chi connectivity index (χ4v) is 4.11. The highest BCUT2D eigenvalue weighted by molar-refractivity contribution is 5.98. The molecule has 150 valence electrons. The molecule has 3 heterocycles. The number of benzene rings is 2. The highest BCUT2D eigenvalue weighted by Gasteiger charge is 2.25. The number of H-pyrrole nitrogens is 1. The zero-order valence-electron chi connectivity index (χ0n) is 16.7. The lowest BCUT2D eigenvalue weighted by Crippen LogP contribution is -2.39. The van der Waals surface area contributed by atoms with Gasteiger partial charge in [-0.2, -0.15) is 5.10 Å². The van der Waals surface area contributed by atoms with Crippen LogP contribution >= 0.6 is 0 Å². The number of fused-ring (bicyclic) bond motifs is 1. The Morgan fingerprint density at radius 2 is 1.87 bits per heavy atom. The van der Waals surface area contributed by atoms with E-state index in [9.17, 15) is 4.79 Å². The van der Waals surface area contributed by atoms with Crippen molar-refractivity contribution in [3.8, 4) is 11.4 Å². The molecule has 6 heteroatoms. The van der Waals surface area contributed by atoms with E-state index in [0.29, 0.717) is 5.92 Å². The van der Waals surface area contributed by atoms with Gasteiger partial charge in [0.15, 0.2) is 5.82 Å². The lowest BCUT2D eigenvalue weighted by atomic mass is 9.93. The second-order valence-corrected chi connectivity index (χ2v) is 7.82. The molecule has 2 aromatic carbocycles. The number of aromatic nitrogens is 4. The number of hydrogen-bond acceptors (Lipinski definition) is 4. The molecule has 0 spiro atoms. The molecule has 0 bridgehead atoms. The van der Waals surface area contributed by atoms with Crippen molar-refractivity contribution in [1.29, 1.82) is 0 Å². The molecule has 0 radical (unpaired) electrons. The predicted octanol–water partition coefficient (Wildman–Crippen LogP) is 4.11. The van der Waals surface area contributed by atoms with Gasteiger partial charge in [-0.25, -0.2) is 4.98 Å². The Hall–Kier alpha value is -3.54. The van der Waals surface area contributed by atoms with Crippen molar-refractivity contribution in [2.75, 3.05) is 13.1 Å². The summed E-state index contributed by atoms with van der Waals surface area (Å²) < 4.78 is 0. The van der Waals surface area contributed by atoms with E-state index >= 15 is 0 Å². The Morgan fingerprint density at radius 1 is 1.03 bits per heavy atom. The van der Waals surface area contributed by atoms with Crippen LogP contribution in [0.25, 0.3) is 22.3 Å². The van der Waals surface area contributed by atoms with Crippen LogP contribution in [0, 0.1) is 5.92 Å². The lowest BCUT2D eigenvalue weighted by molar-refractivity contribution is 0.0690. The summed E-state index contributed by atoms with van der Waals surface area (Å²) in [6.07, 6.45) is 4.58. The van der Waals surface area contributed by atoms with Gasteiger partial charge in [-0.15, -0.1) is 0 Å². The number of piperidine rings is 1. The second-order valence-electron chi connectivity index (χ2n) is 7.82. The molecule has 5 rings (SSSR count). The molecule has 1 aliphatic rings. The Bertz CT molecular complexity index is 1160. The molecule has 1 amide bonds. The second kappa shape index (κ2) is 8.06. The molecule has 0 unspecified atom stereocenters. The van der Waals surface area contributed by atoms with Crippen LogP contribution in [-0.4, -0.2) is 44.1 Å². The average Bonchev–Trinajstić information content (AvgIpc) is 3.28. The quantitative estimate of drug-likeness (QED) is 0.562. The molecule has 1 fully saturated rings. The van der Waals surface area contributed by atoms with Gasteiger partial charge in [0.2, 0.25) is 0 Å². The van der Waals surface area contributed by atoms with Crippen LogP contribution in [0.3, 0.4) is 0 Å². The van der Waals surface area contributed by atoms with Crippen molar-refractivity contribution >= 4 is 16.8 Å². The minimum atomic E-state index is 0.102. The van der Waals surface area contributed by atoms with Crippen LogP contribution in [0.1, 0.15) is 29.0 Å². The summed E-state index contributed by atoms with van der Waals surface area (Å²) in [5, 5.41) is 8.43. The van der Waals surface area contributed by atoms with Gasteiger partial charge in [-0.05, 0) is 43.0 Å². The highest BCUT2D eigenvalue weighted by atomic mass is 16.2. The van der Waals surface area contributed by atoms with E-state index < -0.39 is 0 Å². The van der Waals surface area contributed by atoms with Gasteiger partial charge in [-0.1, -0.05) is 36.4 Å². The minimum Gasteiger partial charge on any atom is -0.339 e. The van der Waals surface area contributed by atoms with Crippen molar-refractivity contribution in [2.45, 2.75) is 19.3 Å². The fraction of sp³-hybridized carbons (Fsp3) is 0.250. The highest BCUT2D eigenvalue weighted by Crippen LogP contribution is 2.24. The van der Waals surface area contributed by atoms with E-state index in [1.165, 1.54) is 0 Å². The average molecular weight is 397 g/mol. The molecule has 0 atom stereocenters. The molecule has 1 aliphatic heterocycles. The SMILES string of the molecule is O=C(c1ccc2ncccc2c1)N1CCC(Cc2nc(-c3ccccc3)n[nH]2)CC1. The zero-order chi connectivity index (χ0) is 20.3. The summed E-state index contributed by atoms with van der Waals surface area (Å²) in [5.41, 5.74) is 2.66. The largest absolute Gasteiger partial charge is 0.339 e. The van der Waals surface area contributed by atoms with Crippen molar-refractivity contribution in [3.05, 3.63) is 78.2 Å². The van der Waals surface area contributed by atoms with E-state index in [1.54, 1.807) is 6.20 Å². The smallest absolute Gasteiger partial charge is 0.253 e. The summed E-state index contributed by atoms with van der Waals surface area (Å²) >= 11 is 0. The number of rotatable bonds is 4. The molecule has 2 aromatic heterocycles. The normalized spacial score (nSPS) is 14.9. The first-order chi connectivity index (χ1) is 14.8. The third-order valence-corrected chi connectivity index (χ3v) is 5.80. The third kappa shape index (κ3) is 3.81. The number of amides is 1. The van der Waals surface area contributed by atoms with Crippen molar-refractivity contribution in [2.24, 2.45) is 5.92 Å². The molecule has 30 heavy (non-hydrogen) atoms. The maximum absolute atomic E-state index is 12.9.